The lowest BCUT2D eigenvalue weighted by molar-refractivity contribution is 0.101. The molecule has 3 aromatic rings. The lowest BCUT2D eigenvalue weighted by Gasteiger charge is -2.13. The topological polar surface area (TPSA) is 69.0 Å². The normalized spacial score (nSPS) is 11.4. The smallest absolute Gasteiger partial charge is 0.273 e. The molecule has 146 valence electrons. The van der Waals surface area contributed by atoms with Crippen LogP contribution in [0.1, 0.15) is 42.5 Å². The Labute approximate surface area is 169 Å². The van der Waals surface area contributed by atoms with E-state index in [0.717, 1.165) is 11.3 Å². The number of hydrogen-bond donors (Lipinski definition) is 1. The summed E-state index contributed by atoms with van der Waals surface area (Å²) in [6, 6.07) is 10.6. The van der Waals surface area contributed by atoms with Crippen LogP contribution in [0.2, 0.25) is 5.02 Å². The van der Waals surface area contributed by atoms with Gasteiger partial charge in [-0.1, -0.05) is 32.4 Å². The van der Waals surface area contributed by atoms with Crippen LogP contribution < -0.4 is 10.1 Å². The van der Waals surface area contributed by atoms with Crippen molar-refractivity contribution in [3.05, 3.63) is 64.6 Å². The molecular formula is C21H23ClN4O2. The van der Waals surface area contributed by atoms with E-state index in [4.69, 9.17) is 16.3 Å². The molecule has 1 aromatic carbocycles. The number of aromatic nitrogens is 3. The highest BCUT2D eigenvalue weighted by atomic mass is 35.5. The Morgan fingerprint density at radius 1 is 1.18 bits per heavy atom. The standard InChI is InChI=1S/C21H23ClN4O2/c1-13-10-14(22)6-8-17(13)28-19-9-7-15(12-23-19)24-20(27)16-11-18(21(2,3)4)25-26(16)5/h6-12H,1-5H3,(H,24,27). The van der Waals surface area contributed by atoms with Crippen molar-refractivity contribution in [2.24, 2.45) is 7.05 Å². The quantitative estimate of drug-likeness (QED) is 0.662. The number of hydrogen-bond acceptors (Lipinski definition) is 4. The third kappa shape index (κ3) is 4.51. The van der Waals surface area contributed by atoms with Crippen LogP contribution in [0.25, 0.3) is 0 Å². The zero-order chi connectivity index (χ0) is 20.5. The van der Waals surface area contributed by atoms with Gasteiger partial charge in [-0.2, -0.15) is 5.10 Å². The van der Waals surface area contributed by atoms with Crippen LogP contribution in [0.4, 0.5) is 5.69 Å². The van der Waals surface area contributed by atoms with Crippen LogP contribution in [-0.2, 0) is 12.5 Å². The lowest BCUT2D eigenvalue weighted by atomic mass is 9.92. The Hall–Kier alpha value is -2.86. The van der Waals surface area contributed by atoms with Crippen molar-refractivity contribution in [1.82, 2.24) is 14.8 Å². The van der Waals surface area contributed by atoms with Crippen molar-refractivity contribution in [2.75, 3.05) is 5.32 Å². The molecule has 0 bridgehead atoms. The predicted octanol–water partition coefficient (Wildman–Crippen LogP) is 5.12. The minimum absolute atomic E-state index is 0.128. The maximum atomic E-state index is 12.6. The van der Waals surface area contributed by atoms with E-state index in [0.29, 0.717) is 28.0 Å². The van der Waals surface area contributed by atoms with Crippen molar-refractivity contribution in [1.29, 1.82) is 0 Å². The summed E-state index contributed by atoms with van der Waals surface area (Å²) in [5.74, 6) is 0.867. The summed E-state index contributed by atoms with van der Waals surface area (Å²) in [4.78, 5) is 16.8. The van der Waals surface area contributed by atoms with E-state index in [1.54, 1.807) is 42.2 Å². The van der Waals surface area contributed by atoms with Gasteiger partial charge in [-0.15, -0.1) is 0 Å². The van der Waals surface area contributed by atoms with Crippen LogP contribution in [0.3, 0.4) is 0 Å². The summed E-state index contributed by atoms with van der Waals surface area (Å²) in [7, 11) is 1.76. The van der Waals surface area contributed by atoms with Gasteiger partial charge in [0.15, 0.2) is 0 Å². The van der Waals surface area contributed by atoms with Crippen LogP contribution >= 0.6 is 11.6 Å². The molecule has 0 saturated heterocycles. The fourth-order valence-electron chi connectivity index (χ4n) is 2.60. The van der Waals surface area contributed by atoms with E-state index in [1.165, 1.54) is 0 Å². The highest BCUT2D eigenvalue weighted by Crippen LogP contribution is 2.27. The van der Waals surface area contributed by atoms with Crippen molar-refractivity contribution in [3.63, 3.8) is 0 Å². The van der Waals surface area contributed by atoms with Crippen LogP contribution in [0.5, 0.6) is 11.6 Å². The number of ether oxygens (including phenoxy) is 1. The third-order valence-corrected chi connectivity index (χ3v) is 4.46. The van der Waals surface area contributed by atoms with E-state index >= 15 is 0 Å². The Balaban J connectivity index is 1.70. The summed E-state index contributed by atoms with van der Waals surface area (Å²) >= 11 is 5.96. The van der Waals surface area contributed by atoms with Crippen molar-refractivity contribution >= 4 is 23.2 Å². The fraction of sp³-hybridized carbons (Fsp3) is 0.286. The second-order valence-electron chi connectivity index (χ2n) is 7.64. The van der Waals surface area contributed by atoms with Gasteiger partial charge in [-0.3, -0.25) is 9.48 Å². The summed E-state index contributed by atoms with van der Waals surface area (Å²) in [6.45, 7) is 8.09. The molecule has 0 atom stereocenters. The van der Waals surface area contributed by atoms with E-state index in [9.17, 15) is 4.79 Å². The molecule has 7 heteroatoms. The Morgan fingerprint density at radius 2 is 1.93 bits per heavy atom. The largest absolute Gasteiger partial charge is 0.439 e. The first-order valence-corrected chi connectivity index (χ1v) is 9.27. The number of anilines is 1. The van der Waals surface area contributed by atoms with Crippen molar-refractivity contribution in [2.45, 2.75) is 33.1 Å². The third-order valence-electron chi connectivity index (χ3n) is 4.23. The highest BCUT2D eigenvalue weighted by molar-refractivity contribution is 6.30. The van der Waals surface area contributed by atoms with E-state index in [-0.39, 0.29) is 11.3 Å². The monoisotopic (exact) mass is 398 g/mol. The van der Waals surface area contributed by atoms with Gasteiger partial charge in [0, 0.05) is 23.6 Å². The number of nitrogens with zero attached hydrogens (tertiary/aromatic N) is 3. The molecule has 1 N–H and O–H groups in total. The summed E-state index contributed by atoms with van der Waals surface area (Å²) < 4.78 is 7.36. The average molecular weight is 399 g/mol. The van der Waals surface area contributed by atoms with Gasteiger partial charge in [0.2, 0.25) is 5.88 Å². The van der Waals surface area contributed by atoms with Crippen molar-refractivity contribution in [3.8, 4) is 11.6 Å². The second-order valence-corrected chi connectivity index (χ2v) is 8.08. The van der Waals surface area contributed by atoms with Gasteiger partial charge < -0.3 is 10.1 Å². The number of halogens is 1. The maximum absolute atomic E-state index is 12.6. The number of aryl methyl sites for hydroxylation is 2. The van der Waals surface area contributed by atoms with Crippen LogP contribution in [-0.4, -0.2) is 20.7 Å². The number of rotatable bonds is 4. The SMILES string of the molecule is Cc1cc(Cl)ccc1Oc1ccc(NC(=O)c2cc(C(C)(C)C)nn2C)cn1. The van der Waals surface area contributed by atoms with Gasteiger partial charge in [0.25, 0.3) is 5.91 Å². The minimum atomic E-state index is -0.241. The number of carbonyl (C=O) groups is 1. The number of amides is 1. The lowest BCUT2D eigenvalue weighted by Crippen LogP contribution is -2.16. The molecule has 3 rings (SSSR count). The molecule has 28 heavy (non-hydrogen) atoms. The van der Waals surface area contributed by atoms with Crippen LogP contribution in [0, 0.1) is 6.92 Å². The van der Waals surface area contributed by atoms with E-state index < -0.39 is 0 Å². The molecule has 0 saturated carbocycles. The molecule has 0 aliphatic rings. The molecule has 0 unspecified atom stereocenters. The number of benzene rings is 1. The molecule has 0 spiro atoms. The molecule has 6 nitrogen and oxygen atoms in total. The first-order valence-electron chi connectivity index (χ1n) is 8.89. The van der Waals surface area contributed by atoms with Crippen LogP contribution in [0.15, 0.2) is 42.6 Å². The molecule has 0 fully saturated rings. The predicted molar refractivity (Wildman–Crippen MR) is 110 cm³/mol. The highest BCUT2D eigenvalue weighted by Gasteiger charge is 2.21. The number of pyridine rings is 1. The number of carbonyl (C=O) groups excluding carboxylic acids is 1. The van der Waals surface area contributed by atoms with E-state index in [1.807, 2.05) is 19.1 Å². The zero-order valence-electron chi connectivity index (χ0n) is 16.6. The second kappa shape index (κ2) is 7.64. The summed E-state index contributed by atoms with van der Waals surface area (Å²) in [5.41, 5.74) is 2.71. The Bertz CT molecular complexity index is 1000. The van der Waals surface area contributed by atoms with E-state index in [2.05, 4.69) is 36.2 Å². The first kappa shape index (κ1) is 19.9. The summed E-state index contributed by atoms with van der Waals surface area (Å²) in [6.07, 6.45) is 1.56. The zero-order valence-corrected chi connectivity index (χ0v) is 17.3. The van der Waals surface area contributed by atoms with Crippen molar-refractivity contribution < 1.29 is 9.53 Å². The van der Waals surface area contributed by atoms with Gasteiger partial charge in [-0.25, -0.2) is 4.98 Å². The minimum Gasteiger partial charge on any atom is -0.439 e. The average Bonchev–Trinajstić information content (AvgIpc) is 3.01. The first-order chi connectivity index (χ1) is 13.1. The number of nitrogens with one attached hydrogen (secondary N) is 1. The Morgan fingerprint density at radius 3 is 2.50 bits per heavy atom. The maximum Gasteiger partial charge on any atom is 0.273 e. The van der Waals surface area contributed by atoms with Gasteiger partial charge in [0.05, 0.1) is 17.6 Å². The molecule has 0 radical (unpaired) electrons. The molecule has 0 aliphatic heterocycles. The molecule has 2 heterocycles. The molecule has 2 aromatic heterocycles. The Kier molecular flexibility index (Phi) is 5.42. The molecule has 1 amide bonds. The molecule has 0 aliphatic carbocycles. The molecular weight excluding hydrogens is 376 g/mol. The van der Waals surface area contributed by atoms with Gasteiger partial charge in [-0.05, 0) is 42.8 Å². The van der Waals surface area contributed by atoms with Gasteiger partial charge in [0.1, 0.15) is 11.4 Å². The van der Waals surface area contributed by atoms with Gasteiger partial charge >= 0.3 is 0 Å². The summed E-state index contributed by atoms with van der Waals surface area (Å²) in [5, 5.41) is 7.92. The fourth-order valence-corrected chi connectivity index (χ4v) is 2.82.